The fourth-order valence-electron chi connectivity index (χ4n) is 5.91. The Bertz CT molecular complexity index is 1330. The van der Waals surface area contributed by atoms with Crippen LogP contribution in [-0.4, -0.2) is 59.5 Å². The second-order valence-corrected chi connectivity index (χ2v) is 10.6. The van der Waals surface area contributed by atoms with Crippen molar-refractivity contribution in [2.45, 2.75) is 37.8 Å². The summed E-state index contributed by atoms with van der Waals surface area (Å²) in [5.41, 5.74) is 11.4. The smallest absolute Gasteiger partial charge is 0.357 e. The Labute approximate surface area is 227 Å². The molecule has 3 fully saturated rings. The quantitative estimate of drug-likeness (QED) is 0.502. The van der Waals surface area contributed by atoms with E-state index in [0.717, 1.165) is 44.5 Å². The fourth-order valence-corrected chi connectivity index (χ4v) is 6.05. The molecule has 1 aromatic heterocycles. The van der Waals surface area contributed by atoms with Crippen molar-refractivity contribution in [3.63, 3.8) is 0 Å². The Morgan fingerprint density at radius 1 is 0.974 bits per heavy atom. The molecule has 2 atom stereocenters. The van der Waals surface area contributed by atoms with E-state index in [1.165, 1.54) is 16.8 Å². The normalized spacial score (nSPS) is 21.4. The number of carbonyl (C=O) groups excluding carboxylic acids is 1. The molecule has 0 unspecified atom stereocenters. The van der Waals surface area contributed by atoms with Crippen LogP contribution in [0.3, 0.4) is 0 Å². The van der Waals surface area contributed by atoms with Gasteiger partial charge in [0.15, 0.2) is 11.0 Å². The number of anilines is 3. The molecule has 3 aliphatic heterocycles. The van der Waals surface area contributed by atoms with E-state index in [1.807, 2.05) is 24.3 Å². The van der Waals surface area contributed by atoms with Gasteiger partial charge >= 0.3 is 5.97 Å². The van der Waals surface area contributed by atoms with Gasteiger partial charge in [-0.2, -0.15) is 0 Å². The van der Waals surface area contributed by atoms with Crippen LogP contribution in [0, 0.1) is 0 Å². The first-order valence-corrected chi connectivity index (χ1v) is 13.5. The van der Waals surface area contributed by atoms with Crippen molar-refractivity contribution >= 4 is 40.8 Å². The molecule has 38 heavy (non-hydrogen) atoms. The number of rotatable bonds is 5. The molecule has 2 N–H and O–H groups in total. The molecule has 0 radical (unpaired) electrons. The second-order valence-electron chi connectivity index (χ2n) is 10.2. The van der Waals surface area contributed by atoms with E-state index in [4.69, 9.17) is 22.2 Å². The number of piperazine rings is 1. The van der Waals surface area contributed by atoms with Crippen LogP contribution in [0.25, 0.3) is 6.08 Å². The lowest BCUT2D eigenvalue weighted by Crippen LogP contribution is -2.54. The van der Waals surface area contributed by atoms with E-state index >= 15 is 0 Å². The Hall–Kier alpha value is -3.62. The highest BCUT2D eigenvalue weighted by molar-refractivity contribution is 6.29. The molecule has 9 heteroatoms. The molecule has 4 heterocycles. The molecular formula is C29H31ClN6O2. The van der Waals surface area contributed by atoms with E-state index in [1.54, 1.807) is 17.2 Å². The first-order chi connectivity index (χ1) is 18.5. The maximum Gasteiger partial charge on any atom is 0.357 e. The van der Waals surface area contributed by atoms with E-state index in [0.29, 0.717) is 41.7 Å². The molecule has 3 aromatic rings. The molecular weight excluding hydrogens is 500 g/mol. The summed E-state index contributed by atoms with van der Waals surface area (Å²) in [5.74, 6) is 0.128. The van der Waals surface area contributed by atoms with Gasteiger partial charge in [0, 0.05) is 50.0 Å². The number of nitrogen functional groups attached to an aromatic ring is 1. The van der Waals surface area contributed by atoms with Crippen molar-refractivity contribution in [2.75, 3.05) is 41.7 Å². The van der Waals surface area contributed by atoms with Crippen LogP contribution in [-0.2, 0) is 4.84 Å². The van der Waals surface area contributed by atoms with E-state index < -0.39 is 0 Å². The molecule has 2 aromatic carbocycles. The van der Waals surface area contributed by atoms with Crippen molar-refractivity contribution in [3.05, 3.63) is 82.5 Å². The van der Waals surface area contributed by atoms with E-state index in [9.17, 15) is 4.79 Å². The fraction of sp³-hybridized carbons (Fsp3) is 0.345. The minimum Gasteiger partial charge on any atom is -0.380 e. The Kier molecular flexibility index (Phi) is 6.91. The SMILES string of the molecule is Nc1nnc(Cl)cc1N1C[C@H]2CC[C@@H](C1)N2c1cccc(C=C2CCN(OC(=O)c3ccccc3)CC2)c1. The second kappa shape index (κ2) is 10.6. The standard InChI is InChI=1S/C29H31ClN6O2/c30-27-17-26(28(31)33-32-27)34-18-24-9-10-25(19-34)36(24)23-8-4-5-21(16-23)15-20-11-13-35(14-12-20)38-29(37)22-6-2-1-3-7-22/h1-8,15-17,24-25H,9-14,18-19H2,(H2,31,33)/t24-,25+. The summed E-state index contributed by atoms with van der Waals surface area (Å²) in [6.45, 7) is 3.16. The van der Waals surface area contributed by atoms with Gasteiger partial charge in [-0.1, -0.05) is 53.6 Å². The number of carbonyl (C=O) groups is 1. The van der Waals surface area contributed by atoms with Crippen LogP contribution in [0.4, 0.5) is 17.2 Å². The third-order valence-electron chi connectivity index (χ3n) is 7.72. The minimum atomic E-state index is -0.300. The van der Waals surface area contributed by atoms with Crippen LogP contribution in [0.5, 0.6) is 0 Å². The van der Waals surface area contributed by atoms with Crippen LogP contribution >= 0.6 is 11.6 Å². The van der Waals surface area contributed by atoms with Crippen molar-refractivity contribution in [1.82, 2.24) is 15.3 Å². The lowest BCUT2D eigenvalue weighted by atomic mass is 10.0. The van der Waals surface area contributed by atoms with Gasteiger partial charge < -0.3 is 20.4 Å². The van der Waals surface area contributed by atoms with Crippen molar-refractivity contribution in [2.24, 2.45) is 0 Å². The molecule has 8 nitrogen and oxygen atoms in total. The van der Waals surface area contributed by atoms with Gasteiger partial charge in [0.25, 0.3) is 0 Å². The van der Waals surface area contributed by atoms with Crippen LogP contribution in [0.2, 0.25) is 5.15 Å². The zero-order chi connectivity index (χ0) is 26.1. The Morgan fingerprint density at radius 2 is 1.71 bits per heavy atom. The first-order valence-electron chi connectivity index (χ1n) is 13.2. The molecule has 6 rings (SSSR count). The maximum absolute atomic E-state index is 12.4. The third-order valence-corrected chi connectivity index (χ3v) is 7.90. The number of fused-ring (bicyclic) bond motifs is 2. The van der Waals surface area contributed by atoms with Gasteiger partial charge in [-0.25, -0.2) is 4.79 Å². The molecule has 0 spiro atoms. The average molecular weight is 531 g/mol. The molecule has 3 aliphatic rings. The number of benzene rings is 2. The number of nitrogens with two attached hydrogens (primary N) is 1. The van der Waals surface area contributed by atoms with Crippen molar-refractivity contribution in [3.8, 4) is 0 Å². The molecule has 0 saturated carbocycles. The van der Waals surface area contributed by atoms with Crippen LogP contribution < -0.4 is 15.5 Å². The number of halogens is 1. The number of piperidine rings is 1. The van der Waals surface area contributed by atoms with Gasteiger partial charge in [-0.15, -0.1) is 15.3 Å². The predicted molar refractivity (Wildman–Crippen MR) is 150 cm³/mol. The summed E-state index contributed by atoms with van der Waals surface area (Å²) < 4.78 is 0. The van der Waals surface area contributed by atoms with E-state index in [-0.39, 0.29) is 5.97 Å². The summed E-state index contributed by atoms with van der Waals surface area (Å²) in [6, 6.07) is 20.6. The lowest BCUT2D eigenvalue weighted by molar-refractivity contribution is -0.113. The topological polar surface area (TPSA) is 87.8 Å². The molecule has 3 saturated heterocycles. The van der Waals surface area contributed by atoms with Crippen molar-refractivity contribution < 1.29 is 9.63 Å². The first kappa shape index (κ1) is 24.7. The van der Waals surface area contributed by atoms with Gasteiger partial charge in [0.1, 0.15) is 0 Å². The lowest BCUT2D eigenvalue weighted by Gasteiger charge is -2.43. The predicted octanol–water partition coefficient (Wildman–Crippen LogP) is 4.82. The zero-order valence-corrected chi connectivity index (χ0v) is 21.9. The Balaban J connectivity index is 1.10. The number of hydrogen-bond donors (Lipinski definition) is 1. The summed E-state index contributed by atoms with van der Waals surface area (Å²) in [6.07, 6.45) is 6.34. The van der Waals surface area contributed by atoms with Gasteiger partial charge in [0.05, 0.1) is 11.3 Å². The van der Waals surface area contributed by atoms with E-state index in [2.05, 4.69) is 50.3 Å². The number of nitrogens with zero attached hydrogens (tertiary/aromatic N) is 5. The van der Waals surface area contributed by atoms with Crippen molar-refractivity contribution in [1.29, 1.82) is 0 Å². The summed E-state index contributed by atoms with van der Waals surface area (Å²) >= 11 is 6.11. The molecule has 2 bridgehead atoms. The third kappa shape index (κ3) is 5.19. The van der Waals surface area contributed by atoms with Gasteiger partial charge in [0.2, 0.25) is 0 Å². The Morgan fingerprint density at radius 3 is 2.45 bits per heavy atom. The number of hydroxylamine groups is 2. The molecule has 0 aliphatic carbocycles. The zero-order valence-electron chi connectivity index (χ0n) is 21.2. The largest absolute Gasteiger partial charge is 0.380 e. The average Bonchev–Trinajstić information content (AvgIpc) is 3.21. The number of hydrogen-bond acceptors (Lipinski definition) is 8. The van der Waals surface area contributed by atoms with Crippen LogP contribution in [0.15, 0.2) is 66.2 Å². The summed E-state index contributed by atoms with van der Waals surface area (Å²) in [5, 5.41) is 10.0. The highest BCUT2D eigenvalue weighted by Gasteiger charge is 2.40. The minimum absolute atomic E-state index is 0.300. The van der Waals surface area contributed by atoms with Crippen LogP contribution in [0.1, 0.15) is 41.6 Å². The molecule has 196 valence electrons. The number of aromatic nitrogens is 2. The van der Waals surface area contributed by atoms with Gasteiger partial charge in [-0.05, 0) is 55.5 Å². The molecule has 0 amide bonds. The maximum atomic E-state index is 12.4. The highest BCUT2D eigenvalue weighted by Crippen LogP contribution is 2.38. The summed E-state index contributed by atoms with van der Waals surface area (Å²) in [7, 11) is 0. The van der Waals surface area contributed by atoms with Gasteiger partial charge in [-0.3, -0.25) is 0 Å². The summed E-state index contributed by atoms with van der Waals surface area (Å²) in [4.78, 5) is 22.8. The highest BCUT2D eigenvalue weighted by atomic mass is 35.5. The monoisotopic (exact) mass is 530 g/mol.